The van der Waals surface area contributed by atoms with Crippen LogP contribution < -0.4 is 0 Å². The van der Waals surface area contributed by atoms with Crippen LogP contribution in [0.5, 0.6) is 0 Å². The second-order valence-electron chi connectivity index (χ2n) is 2.11. The molecule has 0 N–H and O–H groups in total. The smallest absolute Gasteiger partial charge is 0.0523 e. The Labute approximate surface area is 59.0 Å². The Morgan fingerprint density at radius 2 is 2.44 bits per heavy atom. The topological polar surface area (TPSA) is 12.9 Å². The maximum absolute atomic E-state index is 4.40. The second-order valence-corrected chi connectivity index (χ2v) is 4.69. The minimum absolute atomic E-state index is 0.802. The van der Waals surface area contributed by atoms with Gasteiger partial charge in [0.1, 0.15) is 0 Å². The van der Waals surface area contributed by atoms with E-state index >= 15 is 0 Å². The molecule has 1 heterocycles. The van der Waals surface area contributed by atoms with Gasteiger partial charge >= 0.3 is 0 Å². The lowest BCUT2D eigenvalue weighted by Gasteiger charge is -1.90. The Morgan fingerprint density at radius 1 is 1.67 bits per heavy atom. The minimum Gasteiger partial charge on any atom is -0.240 e. The van der Waals surface area contributed by atoms with Gasteiger partial charge in [0, 0.05) is 5.30 Å². The summed E-state index contributed by atoms with van der Waals surface area (Å²) in [5.74, 6) is 0. The van der Waals surface area contributed by atoms with Crippen LogP contribution in [0.25, 0.3) is 0 Å². The SMILES string of the molecule is CCCc1n[pH]pc1C. The van der Waals surface area contributed by atoms with Gasteiger partial charge in [0.2, 0.25) is 0 Å². The number of rotatable bonds is 2. The summed E-state index contributed by atoms with van der Waals surface area (Å²) in [6.07, 6.45) is 2.42. The summed E-state index contributed by atoms with van der Waals surface area (Å²) in [4.78, 5) is 0. The number of hydrogen-bond donors (Lipinski definition) is 0. The van der Waals surface area contributed by atoms with Gasteiger partial charge in [-0.05, 0) is 29.2 Å². The third kappa shape index (κ3) is 1.78. The first kappa shape index (κ1) is 7.25. The number of aryl methyl sites for hydroxylation is 2. The van der Waals surface area contributed by atoms with Crippen LogP contribution in [0.3, 0.4) is 0 Å². The average molecular weight is 159 g/mol. The van der Waals surface area contributed by atoms with Crippen molar-refractivity contribution in [3.8, 4) is 0 Å². The van der Waals surface area contributed by atoms with Gasteiger partial charge in [-0.3, -0.25) is 0 Å². The van der Waals surface area contributed by atoms with Crippen LogP contribution in [0, 0.1) is 6.92 Å². The van der Waals surface area contributed by atoms with Crippen molar-refractivity contribution < 1.29 is 0 Å². The molecular formula is C6H11NP2. The second kappa shape index (κ2) is 3.34. The van der Waals surface area contributed by atoms with Crippen molar-refractivity contribution in [3.05, 3.63) is 11.0 Å². The van der Waals surface area contributed by atoms with E-state index in [1.807, 2.05) is 0 Å². The summed E-state index contributed by atoms with van der Waals surface area (Å²) in [7, 11) is 2.25. The van der Waals surface area contributed by atoms with Crippen molar-refractivity contribution in [3.63, 3.8) is 0 Å². The summed E-state index contributed by atoms with van der Waals surface area (Å²) in [6, 6.07) is 0. The average Bonchev–Trinajstić information content (AvgIpc) is 2.18. The molecule has 0 bridgehead atoms. The fraction of sp³-hybridized carbons (Fsp3) is 0.667. The highest BCUT2D eigenvalue weighted by Gasteiger charge is 1.96. The first-order valence-corrected chi connectivity index (χ1v) is 5.89. The van der Waals surface area contributed by atoms with Gasteiger partial charge in [-0.25, -0.2) is 4.75 Å². The molecule has 0 fully saturated rings. The maximum Gasteiger partial charge on any atom is 0.0523 e. The first-order chi connectivity index (χ1) is 4.34. The predicted molar refractivity (Wildman–Crippen MR) is 45.0 cm³/mol. The van der Waals surface area contributed by atoms with Gasteiger partial charge in [0.25, 0.3) is 0 Å². The Morgan fingerprint density at radius 3 is 2.89 bits per heavy atom. The van der Waals surface area contributed by atoms with Gasteiger partial charge in [-0.2, -0.15) is 0 Å². The third-order valence-electron chi connectivity index (χ3n) is 1.31. The van der Waals surface area contributed by atoms with E-state index in [-0.39, 0.29) is 0 Å². The van der Waals surface area contributed by atoms with Crippen molar-refractivity contribution in [1.29, 1.82) is 0 Å². The summed E-state index contributed by atoms with van der Waals surface area (Å²) < 4.78 is 4.40. The molecule has 0 saturated heterocycles. The van der Waals surface area contributed by atoms with E-state index < -0.39 is 0 Å². The molecule has 0 saturated carbocycles. The first-order valence-electron chi connectivity index (χ1n) is 3.21. The molecule has 0 aliphatic rings. The van der Waals surface area contributed by atoms with Gasteiger partial charge in [-0.15, -0.1) is 0 Å². The zero-order chi connectivity index (χ0) is 6.69. The largest absolute Gasteiger partial charge is 0.240 e. The van der Waals surface area contributed by atoms with Gasteiger partial charge in [0.15, 0.2) is 0 Å². The van der Waals surface area contributed by atoms with E-state index in [0.29, 0.717) is 0 Å². The van der Waals surface area contributed by atoms with Crippen molar-refractivity contribution in [2.24, 2.45) is 0 Å². The molecule has 9 heavy (non-hydrogen) atoms. The van der Waals surface area contributed by atoms with Crippen LogP contribution in [-0.4, -0.2) is 4.75 Å². The summed E-state index contributed by atoms with van der Waals surface area (Å²) in [5.41, 5.74) is 1.37. The van der Waals surface area contributed by atoms with E-state index in [9.17, 15) is 0 Å². The van der Waals surface area contributed by atoms with E-state index in [4.69, 9.17) is 0 Å². The molecule has 0 amide bonds. The van der Waals surface area contributed by atoms with Crippen molar-refractivity contribution in [1.82, 2.24) is 4.75 Å². The van der Waals surface area contributed by atoms with Crippen LogP contribution in [0.1, 0.15) is 24.3 Å². The number of hydrogen-bond acceptors (Lipinski definition) is 1. The fourth-order valence-electron chi connectivity index (χ4n) is 0.779. The van der Waals surface area contributed by atoms with Crippen LogP contribution in [0.4, 0.5) is 0 Å². The Balaban J connectivity index is 2.69. The van der Waals surface area contributed by atoms with Crippen LogP contribution >= 0.6 is 15.9 Å². The summed E-state index contributed by atoms with van der Waals surface area (Å²) in [6.45, 7) is 4.39. The highest BCUT2D eigenvalue weighted by molar-refractivity contribution is 7.89. The molecule has 1 rings (SSSR count). The molecule has 0 spiro atoms. The lowest BCUT2D eigenvalue weighted by molar-refractivity contribution is 0.894. The molecule has 0 aliphatic carbocycles. The summed E-state index contributed by atoms with van der Waals surface area (Å²) >= 11 is 0. The molecule has 50 valence electrons. The quantitative estimate of drug-likeness (QED) is 0.646. The lowest BCUT2D eigenvalue weighted by Crippen LogP contribution is -1.82. The van der Waals surface area contributed by atoms with E-state index in [0.717, 1.165) is 8.03 Å². The van der Waals surface area contributed by atoms with Crippen LogP contribution in [-0.2, 0) is 6.42 Å². The molecule has 1 nitrogen and oxygen atoms in total. The molecule has 0 aliphatic heterocycles. The highest BCUT2D eigenvalue weighted by Crippen LogP contribution is 2.27. The number of aromatic nitrogens is 1. The lowest BCUT2D eigenvalue weighted by atomic mass is 10.2. The van der Waals surface area contributed by atoms with E-state index in [1.165, 1.54) is 31.7 Å². The third-order valence-corrected chi connectivity index (χ3v) is 3.98. The standard InChI is InChI=1S/C6H11NP2/c1-3-4-6-5(2)8-9-7-6/h9H,3-4H2,1-2H3. The Kier molecular flexibility index (Phi) is 2.69. The van der Waals surface area contributed by atoms with Gasteiger partial charge < -0.3 is 0 Å². The van der Waals surface area contributed by atoms with Crippen molar-refractivity contribution in [2.75, 3.05) is 0 Å². The normalized spacial score (nSPS) is 11.8. The minimum atomic E-state index is 0.802. The zero-order valence-electron chi connectivity index (χ0n) is 5.81. The van der Waals surface area contributed by atoms with Gasteiger partial charge in [-0.1, -0.05) is 13.3 Å². The molecule has 1 aromatic heterocycles. The Hall–Kier alpha value is 0.140. The van der Waals surface area contributed by atoms with Crippen molar-refractivity contribution >= 4 is 15.9 Å². The van der Waals surface area contributed by atoms with Crippen LogP contribution in [0.15, 0.2) is 0 Å². The van der Waals surface area contributed by atoms with Gasteiger partial charge in [0.05, 0.1) is 5.69 Å². The fourth-order valence-corrected chi connectivity index (χ4v) is 3.11. The summed E-state index contributed by atoms with van der Waals surface area (Å²) in [5, 5.41) is 1.50. The highest BCUT2D eigenvalue weighted by atomic mass is 31.8. The number of nitrogens with zero attached hydrogens (tertiary/aromatic N) is 1. The van der Waals surface area contributed by atoms with Crippen molar-refractivity contribution in [2.45, 2.75) is 26.7 Å². The van der Waals surface area contributed by atoms with E-state index in [1.54, 1.807) is 0 Å². The molecule has 1 aromatic rings. The molecular weight excluding hydrogens is 148 g/mol. The molecule has 0 aromatic carbocycles. The molecule has 1 unspecified atom stereocenters. The van der Waals surface area contributed by atoms with Crippen LogP contribution in [0.2, 0.25) is 0 Å². The molecule has 3 heteroatoms. The zero-order valence-corrected chi connectivity index (χ0v) is 7.70. The van der Waals surface area contributed by atoms with E-state index in [2.05, 4.69) is 18.6 Å². The monoisotopic (exact) mass is 159 g/mol. The Bertz CT molecular complexity index is 183. The maximum atomic E-state index is 4.40. The predicted octanol–water partition coefficient (Wildman–Crippen LogP) is 2.95. The molecule has 1 atom stereocenters. The molecule has 0 radical (unpaired) electrons.